The number of amides is 2. The Morgan fingerprint density at radius 2 is 1.70 bits per heavy atom. The average Bonchev–Trinajstić information content (AvgIpc) is 3.00. The maximum atomic E-state index is 12.3. The number of nitrogens with zero attached hydrogens (tertiary/aromatic N) is 1. The molecule has 1 aliphatic heterocycles. The number of carbonyl (C=O) groups is 2. The van der Waals surface area contributed by atoms with Gasteiger partial charge >= 0.3 is 0 Å². The number of ether oxygens (including phenoxy) is 1. The zero-order valence-corrected chi connectivity index (χ0v) is 17.5. The molecule has 0 bridgehead atoms. The summed E-state index contributed by atoms with van der Waals surface area (Å²) in [6.45, 7) is 2.77. The molecule has 0 aliphatic carbocycles. The Bertz CT molecular complexity index is 1170. The van der Waals surface area contributed by atoms with E-state index < -0.39 is 11.8 Å². The molecule has 2 heterocycles. The Kier molecular flexibility index (Phi) is 5.37. The van der Waals surface area contributed by atoms with Crippen LogP contribution in [-0.4, -0.2) is 28.6 Å². The summed E-state index contributed by atoms with van der Waals surface area (Å²) in [6, 6.07) is 16.0. The molecule has 2 aromatic carbocycles. The number of para-hydroxylation sites is 1. The van der Waals surface area contributed by atoms with E-state index in [0.29, 0.717) is 0 Å². The van der Waals surface area contributed by atoms with Gasteiger partial charge in [0.05, 0.1) is 7.11 Å². The highest BCUT2D eigenvalue weighted by atomic mass is 32.1. The Morgan fingerprint density at radius 3 is 2.37 bits per heavy atom. The van der Waals surface area contributed by atoms with Crippen molar-refractivity contribution >= 4 is 46.1 Å². The molecule has 1 aromatic heterocycles. The van der Waals surface area contributed by atoms with Crippen molar-refractivity contribution in [2.75, 3.05) is 7.11 Å². The molecule has 30 heavy (non-hydrogen) atoms. The normalized spacial score (nSPS) is 13.9. The van der Waals surface area contributed by atoms with Crippen LogP contribution in [0.3, 0.4) is 0 Å². The van der Waals surface area contributed by atoms with E-state index in [1.165, 1.54) is 5.56 Å². The first kappa shape index (κ1) is 19.8. The Hall–Kier alpha value is -3.45. The third kappa shape index (κ3) is 3.71. The highest BCUT2D eigenvalue weighted by Crippen LogP contribution is 2.29. The Morgan fingerprint density at radius 1 is 1.03 bits per heavy atom. The number of rotatable bonds is 5. The number of hydrogen-bond acceptors (Lipinski definition) is 4. The first-order valence-electron chi connectivity index (χ1n) is 9.57. The average molecular weight is 420 g/mol. The van der Waals surface area contributed by atoms with E-state index in [0.717, 1.165) is 40.9 Å². The fourth-order valence-electron chi connectivity index (χ4n) is 3.71. The molecule has 3 aromatic rings. The Balaban J connectivity index is 1.71. The molecule has 7 heteroatoms. The number of carbonyl (C=O) groups excluding carboxylic acids is 2. The number of thiocarbonyl (C=S) groups is 1. The number of fused-ring (bicyclic) bond motifs is 1. The molecular weight excluding hydrogens is 398 g/mol. The van der Waals surface area contributed by atoms with Crippen LogP contribution in [0.25, 0.3) is 17.0 Å². The topological polar surface area (TPSA) is 72.4 Å². The second kappa shape index (κ2) is 8.12. The van der Waals surface area contributed by atoms with Gasteiger partial charge < -0.3 is 9.30 Å². The van der Waals surface area contributed by atoms with E-state index in [-0.39, 0.29) is 10.7 Å². The van der Waals surface area contributed by atoms with Crippen LogP contribution >= 0.6 is 12.2 Å². The minimum Gasteiger partial charge on any atom is -0.497 e. The zero-order chi connectivity index (χ0) is 21.3. The minimum atomic E-state index is -0.488. The summed E-state index contributed by atoms with van der Waals surface area (Å²) in [5.74, 6) is -0.143. The largest absolute Gasteiger partial charge is 0.497 e. The van der Waals surface area contributed by atoms with Crippen molar-refractivity contribution in [3.05, 3.63) is 70.9 Å². The van der Waals surface area contributed by atoms with Crippen LogP contribution in [0.15, 0.2) is 54.1 Å². The fraction of sp³-hybridized carbons (Fsp3) is 0.174. The summed E-state index contributed by atoms with van der Waals surface area (Å²) < 4.78 is 7.44. The lowest BCUT2D eigenvalue weighted by molar-refractivity contribution is -0.123. The summed E-state index contributed by atoms with van der Waals surface area (Å²) in [6.07, 6.45) is 2.49. The minimum absolute atomic E-state index is 0.0285. The molecule has 1 fully saturated rings. The lowest BCUT2D eigenvalue weighted by Crippen LogP contribution is -2.51. The number of aryl methyl sites for hydroxylation is 2. The predicted molar refractivity (Wildman–Crippen MR) is 120 cm³/mol. The number of aromatic nitrogens is 1. The van der Waals surface area contributed by atoms with Crippen LogP contribution < -0.4 is 15.4 Å². The van der Waals surface area contributed by atoms with E-state index in [9.17, 15) is 9.59 Å². The van der Waals surface area contributed by atoms with Gasteiger partial charge in [-0.05, 0) is 55.4 Å². The third-order valence-corrected chi connectivity index (χ3v) is 5.50. The van der Waals surface area contributed by atoms with E-state index in [2.05, 4.69) is 33.4 Å². The molecule has 4 rings (SSSR count). The molecule has 0 unspecified atom stereocenters. The van der Waals surface area contributed by atoms with E-state index >= 15 is 0 Å². The van der Waals surface area contributed by atoms with E-state index in [1.54, 1.807) is 13.2 Å². The van der Waals surface area contributed by atoms with Crippen LogP contribution in [0.5, 0.6) is 5.75 Å². The molecule has 1 saturated heterocycles. The van der Waals surface area contributed by atoms with Gasteiger partial charge in [0, 0.05) is 28.7 Å². The maximum absolute atomic E-state index is 12.3. The van der Waals surface area contributed by atoms with Gasteiger partial charge in [-0.25, -0.2) is 0 Å². The van der Waals surface area contributed by atoms with Crippen molar-refractivity contribution < 1.29 is 14.3 Å². The lowest BCUT2D eigenvalue weighted by atomic mass is 10.1. The lowest BCUT2D eigenvalue weighted by Gasteiger charge is -2.16. The number of hydrogen-bond donors (Lipinski definition) is 2. The highest BCUT2D eigenvalue weighted by molar-refractivity contribution is 7.80. The first-order chi connectivity index (χ1) is 14.5. The van der Waals surface area contributed by atoms with Crippen LogP contribution in [0, 0.1) is 6.92 Å². The van der Waals surface area contributed by atoms with Crippen molar-refractivity contribution in [1.82, 2.24) is 15.2 Å². The summed E-state index contributed by atoms with van der Waals surface area (Å²) in [4.78, 5) is 24.6. The van der Waals surface area contributed by atoms with Crippen LogP contribution in [0.4, 0.5) is 0 Å². The summed E-state index contributed by atoms with van der Waals surface area (Å²) >= 11 is 4.88. The number of benzene rings is 2. The maximum Gasteiger partial charge on any atom is 0.263 e. The summed E-state index contributed by atoms with van der Waals surface area (Å²) in [7, 11) is 1.65. The highest BCUT2D eigenvalue weighted by Gasteiger charge is 2.26. The van der Waals surface area contributed by atoms with Gasteiger partial charge in [0.25, 0.3) is 11.8 Å². The summed E-state index contributed by atoms with van der Waals surface area (Å²) in [5.41, 5.74) is 4.15. The third-order valence-electron chi connectivity index (χ3n) is 5.29. The van der Waals surface area contributed by atoms with Gasteiger partial charge in [-0.15, -0.1) is 0 Å². The number of nitrogens with one attached hydrogen (secondary N) is 2. The standard InChI is InChI=1S/C23H21N3O3S/c1-14-18(13-19-21(27)24-23(30)25-22(19)28)17-5-3-4-6-20(17)26(14)12-11-15-7-9-16(29-2)10-8-15/h3-10,13H,11-12H2,1-2H3,(H2,24,25,27,28,30). The molecule has 152 valence electrons. The van der Waals surface area contributed by atoms with Gasteiger partial charge in [-0.1, -0.05) is 30.3 Å². The van der Waals surface area contributed by atoms with Crippen LogP contribution in [-0.2, 0) is 22.6 Å². The van der Waals surface area contributed by atoms with Gasteiger partial charge in [0.2, 0.25) is 0 Å². The van der Waals surface area contributed by atoms with Crippen molar-refractivity contribution in [3.8, 4) is 5.75 Å². The van der Waals surface area contributed by atoms with Gasteiger partial charge in [-0.2, -0.15) is 0 Å². The van der Waals surface area contributed by atoms with Crippen molar-refractivity contribution in [1.29, 1.82) is 0 Å². The monoisotopic (exact) mass is 419 g/mol. The number of methoxy groups -OCH3 is 1. The Labute approximate surface area is 179 Å². The molecule has 0 saturated carbocycles. The molecule has 0 spiro atoms. The summed E-state index contributed by atoms with van der Waals surface area (Å²) in [5, 5.41) is 5.99. The molecule has 6 nitrogen and oxygen atoms in total. The van der Waals surface area contributed by atoms with Gasteiger partial charge in [0.1, 0.15) is 11.3 Å². The van der Waals surface area contributed by atoms with Crippen molar-refractivity contribution in [2.24, 2.45) is 0 Å². The first-order valence-corrected chi connectivity index (χ1v) is 9.98. The quantitative estimate of drug-likeness (QED) is 0.379. The molecule has 0 radical (unpaired) electrons. The van der Waals surface area contributed by atoms with E-state index in [4.69, 9.17) is 17.0 Å². The van der Waals surface area contributed by atoms with Crippen LogP contribution in [0.1, 0.15) is 16.8 Å². The second-order valence-corrected chi connectivity index (χ2v) is 7.47. The molecule has 0 atom stereocenters. The SMILES string of the molecule is COc1ccc(CCn2c(C)c(C=C3C(=O)NC(=S)NC3=O)c3ccccc32)cc1. The molecule has 1 aliphatic rings. The van der Waals surface area contributed by atoms with Crippen molar-refractivity contribution in [3.63, 3.8) is 0 Å². The molecule has 2 amide bonds. The van der Waals surface area contributed by atoms with E-state index in [1.807, 2.05) is 37.3 Å². The predicted octanol–water partition coefficient (Wildman–Crippen LogP) is 3.12. The van der Waals surface area contributed by atoms with Gasteiger partial charge in [0.15, 0.2) is 5.11 Å². The van der Waals surface area contributed by atoms with Gasteiger partial charge in [-0.3, -0.25) is 20.2 Å². The fourth-order valence-corrected chi connectivity index (χ4v) is 3.90. The second-order valence-electron chi connectivity index (χ2n) is 7.06. The van der Waals surface area contributed by atoms with Crippen molar-refractivity contribution in [2.45, 2.75) is 19.9 Å². The zero-order valence-electron chi connectivity index (χ0n) is 16.7. The molecular formula is C23H21N3O3S. The van der Waals surface area contributed by atoms with Crippen LogP contribution in [0.2, 0.25) is 0 Å². The molecule has 2 N–H and O–H groups in total. The smallest absolute Gasteiger partial charge is 0.263 e.